The van der Waals surface area contributed by atoms with Crippen molar-refractivity contribution in [2.24, 2.45) is 0 Å². The first kappa shape index (κ1) is 56.8. The third-order valence-electron chi connectivity index (χ3n) is 12.3. The molecule has 4 N–H and O–H groups in total. The Morgan fingerprint density at radius 3 is 1.05 bits per heavy atom. The van der Waals surface area contributed by atoms with E-state index in [-0.39, 0.29) is 6.61 Å². The number of carbonyl (C=O) groups is 1. The minimum absolute atomic E-state index is 0.372. The van der Waals surface area contributed by atoms with Gasteiger partial charge in [0.15, 0.2) is 0 Å². The maximum absolute atomic E-state index is 12.5. The highest BCUT2D eigenvalue weighted by atomic mass is 16.3. The summed E-state index contributed by atoms with van der Waals surface area (Å²) >= 11 is 0. The van der Waals surface area contributed by atoms with E-state index in [2.05, 4.69) is 31.3 Å². The van der Waals surface area contributed by atoms with E-state index in [9.17, 15) is 20.1 Å². The standard InChI is InChI=1S/C53H103NO4/c1-3-5-7-9-11-13-15-17-19-21-23-25-26-27-28-30-31-33-35-37-39-41-43-45-47-51(56)50(49-55)54-53(58)52(57)48-46-44-42-40-38-36-34-32-29-24-22-20-18-16-14-12-10-8-6-4-2/h37,39,45,47,50-52,55-57H,3-36,38,40-44,46,48-49H2,1-2H3,(H,54,58)/b39-37+,47-45+. The zero-order valence-corrected chi connectivity index (χ0v) is 39.2. The number of aliphatic hydroxyl groups is 3. The van der Waals surface area contributed by atoms with Crippen LogP contribution < -0.4 is 5.32 Å². The molecule has 0 aliphatic carbocycles. The highest BCUT2D eigenvalue weighted by Gasteiger charge is 2.22. The van der Waals surface area contributed by atoms with Gasteiger partial charge < -0.3 is 20.6 Å². The smallest absolute Gasteiger partial charge is 0.249 e. The second kappa shape index (κ2) is 48.5. The van der Waals surface area contributed by atoms with Gasteiger partial charge in [0.05, 0.1) is 18.8 Å². The maximum atomic E-state index is 12.5. The van der Waals surface area contributed by atoms with Crippen molar-refractivity contribution >= 4 is 5.91 Å². The van der Waals surface area contributed by atoms with Gasteiger partial charge in [-0.05, 0) is 32.1 Å². The van der Waals surface area contributed by atoms with Crippen molar-refractivity contribution in [2.45, 2.75) is 302 Å². The molecule has 0 aromatic heterocycles. The Bertz CT molecular complexity index is 859. The molecule has 344 valence electrons. The van der Waals surface area contributed by atoms with Gasteiger partial charge >= 0.3 is 0 Å². The van der Waals surface area contributed by atoms with Crippen molar-refractivity contribution in [1.82, 2.24) is 5.32 Å². The fraction of sp³-hybridized carbons (Fsp3) is 0.906. The third kappa shape index (κ3) is 42.9. The van der Waals surface area contributed by atoms with E-state index in [1.165, 1.54) is 225 Å². The molecule has 5 heteroatoms. The van der Waals surface area contributed by atoms with Gasteiger partial charge in [0.1, 0.15) is 6.10 Å². The minimum Gasteiger partial charge on any atom is -0.394 e. The molecule has 0 fully saturated rings. The Morgan fingerprint density at radius 2 is 0.707 bits per heavy atom. The normalized spacial score (nSPS) is 13.5. The van der Waals surface area contributed by atoms with Crippen LogP contribution in [0.4, 0.5) is 0 Å². The molecule has 0 saturated carbocycles. The molecule has 5 nitrogen and oxygen atoms in total. The molecule has 0 bridgehead atoms. The van der Waals surface area contributed by atoms with Gasteiger partial charge in [-0.2, -0.15) is 0 Å². The fourth-order valence-electron chi connectivity index (χ4n) is 8.20. The van der Waals surface area contributed by atoms with Gasteiger partial charge in [0.25, 0.3) is 0 Å². The summed E-state index contributed by atoms with van der Waals surface area (Å²) < 4.78 is 0. The van der Waals surface area contributed by atoms with Crippen LogP contribution >= 0.6 is 0 Å². The average Bonchev–Trinajstić information content (AvgIpc) is 3.23. The minimum atomic E-state index is -1.10. The Morgan fingerprint density at radius 1 is 0.414 bits per heavy atom. The quantitative estimate of drug-likeness (QED) is 0.0364. The molecule has 0 aliphatic heterocycles. The first-order chi connectivity index (χ1) is 28.6. The molecule has 0 aromatic rings. The van der Waals surface area contributed by atoms with E-state index in [0.717, 1.165) is 38.5 Å². The summed E-state index contributed by atoms with van der Waals surface area (Å²) in [4.78, 5) is 12.5. The molecule has 0 rings (SSSR count). The molecule has 58 heavy (non-hydrogen) atoms. The molecule has 0 radical (unpaired) electrons. The van der Waals surface area contributed by atoms with Gasteiger partial charge in [-0.1, -0.05) is 276 Å². The summed E-state index contributed by atoms with van der Waals surface area (Å²) in [5.41, 5.74) is 0. The molecule has 0 aliphatic rings. The molecular weight excluding hydrogens is 715 g/mol. The summed E-state index contributed by atoms with van der Waals surface area (Å²) in [6.07, 6.45) is 61.0. The van der Waals surface area contributed by atoms with Crippen molar-refractivity contribution in [3.63, 3.8) is 0 Å². The van der Waals surface area contributed by atoms with Gasteiger partial charge in [0.2, 0.25) is 5.91 Å². The number of rotatable bonds is 48. The summed E-state index contributed by atoms with van der Waals surface area (Å²) in [6, 6.07) is -0.812. The van der Waals surface area contributed by atoms with Crippen LogP contribution in [-0.2, 0) is 4.79 Å². The van der Waals surface area contributed by atoms with Gasteiger partial charge in [-0.15, -0.1) is 0 Å². The molecule has 3 atom stereocenters. The summed E-state index contributed by atoms with van der Waals surface area (Å²) in [6.45, 7) is 4.20. The Labute approximate surface area is 362 Å². The van der Waals surface area contributed by atoms with E-state index in [1.807, 2.05) is 6.08 Å². The van der Waals surface area contributed by atoms with Gasteiger partial charge in [-0.25, -0.2) is 0 Å². The maximum Gasteiger partial charge on any atom is 0.249 e. The lowest BCUT2D eigenvalue weighted by atomic mass is 10.0. The Kier molecular flexibility index (Phi) is 47.5. The Balaban J connectivity index is 3.62. The van der Waals surface area contributed by atoms with Crippen molar-refractivity contribution in [3.05, 3.63) is 24.3 Å². The van der Waals surface area contributed by atoms with E-state index >= 15 is 0 Å². The number of allylic oxidation sites excluding steroid dienone is 3. The predicted octanol–water partition coefficient (Wildman–Crippen LogP) is 15.7. The third-order valence-corrected chi connectivity index (χ3v) is 12.3. The van der Waals surface area contributed by atoms with Crippen LogP contribution in [0.3, 0.4) is 0 Å². The van der Waals surface area contributed by atoms with E-state index in [4.69, 9.17) is 0 Å². The van der Waals surface area contributed by atoms with Crippen LogP contribution in [0.2, 0.25) is 0 Å². The lowest BCUT2D eigenvalue weighted by Crippen LogP contribution is -2.48. The van der Waals surface area contributed by atoms with Crippen LogP contribution in [-0.4, -0.2) is 46.1 Å². The number of aliphatic hydroxyl groups excluding tert-OH is 3. The summed E-state index contributed by atoms with van der Waals surface area (Å²) in [5.74, 6) is -0.508. The molecule has 0 heterocycles. The second-order valence-corrected chi connectivity index (χ2v) is 18.1. The number of unbranched alkanes of at least 4 members (excludes halogenated alkanes) is 38. The first-order valence-corrected chi connectivity index (χ1v) is 26.2. The number of nitrogens with one attached hydrogen (secondary N) is 1. The van der Waals surface area contributed by atoms with Gasteiger partial charge in [0, 0.05) is 0 Å². The molecule has 1 amide bonds. The first-order valence-electron chi connectivity index (χ1n) is 26.2. The summed E-state index contributed by atoms with van der Waals surface area (Å²) in [7, 11) is 0. The van der Waals surface area contributed by atoms with Crippen LogP contribution in [0.1, 0.15) is 284 Å². The number of carbonyl (C=O) groups excluding carboxylic acids is 1. The van der Waals surface area contributed by atoms with E-state index in [0.29, 0.717) is 6.42 Å². The zero-order chi connectivity index (χ0) is 42.3. The predicted molar refractivity (Wildman–Crippen MR) is 255 cm³/mol. The Hall–Kier alpha value is -1.17. The van der Waals surface area contributed by atoms with Crippen LogP contribution in [0.5, 0.6) is 0 Å². The highest BCUT2D eigenvalue weighted by molar-refractivity contribution is 5.80. The average molecular weight is 818 g/mol. The zero-order valence-electron chi connectivity index (χ0n) is 39.2. The molecule has 0 aromatic carbocycles. The molecular formula is C53H103NO4. The molecule has 3 unspecified atom stereocenters. The number of hydrogen-bond donors (Lipinski definition) is 4. The van der Waals surface area contributed by atoms with Crippen molar-refractivity contribution in [3.8, 4) is 0 Å². The van der Waals surface area contributed by atoms with Crippen LogP contribution in [0.15, 0.2) is 24.3 Å². The van der Waals surface area contributed by atoms with Crippen LogP contribution in [0.25, 0.3) is 0 Å². The fourth-order valence-corrected chi connectivity index (χ4v) is 8.20. The summed E-state index contributed by atoms with van der Waals surface area (Å²) in [5, 5.41) is 33.3. The monoisotopic (exact) mass is 818 g/mol. The van der Waals surface area contributed by atoms with Crippen molar-refractivity contribution < 1.29 is 20.1 Å². The topological polar surface area (TPSA) is 89.8 Å². The molecule has 0 spiro atoms. The lowest BCUT2D eigenvalue weighted by Gasteiger charge is -2.21. The SMILES string of the molecule is CCCCCCCCCCCCCCCCCCCC/C=C/CC/C=C/C(O)C(CO)NC(=O)C(O)CCCCCCCCCCCCCCCCCCCCCC. The molecule has 0 saturated heterocycles. The lowest BCUT2D eigenvalue weighted by molar-refractivity contribution is -0.131. The van der Waals surface area contributed by atoms with Crippen LogP contribution in [0, 0.1) is 0 Å². The second-order valence-electron chi connectivity index (χ2n) is 18.1. The van der Waals surface area contributed by atoms with Crippen molar-refractivity contribution in [2.75, 3.05) is 6.61 Å². The van der Waals surface area contributed by atoms with E-state index < -0.39 is 24.2 Å². The largest absolute Gasteiger partial charge is 0.394 e. The number of hydrogen-bond acceptors (Lipinski definition) is 4. The highest BCUT2D eigenvalue weighted by Crippen LogP contribution is 2.17. The van der Waals surface area contributed by atoms with E-state index in [1.54, 1.807) is 6.08 Å². The van der Waals surface area contributed by atoms with Crippen molar-refractivity contribution in [1.29, 1.82) is 0 Å². The van der Waals surface area contributed by atoms with Gasteiger partial charge in [-0.3, -0.25) is 4.79 Å². The number of amides is 1.